The van der Waals surface area contributed by atoms with E-state index in [0.717, 1.165) is 40.1 Å². The summed E-state index contributed by atoms with van der Waals surface area (Å²) in [5.74, 6) is 7.13. The normalized spacial score (nSPS) is 15.1. The monoisotopic (exact) mass is 465 g/mol. The molecule has 1 amide bonds. The number of aromatic nitrogens is 2. The molecule has 4 aromatic rings. The summed E-state index contributed by atoms with van der Waals surface area (Å²) in [7, 11) is 1.75. The van der Waals surface area contributed by atoms with Gasteiger partial charge in [0, 0.05) is 12.6 Å². The van der Waals surface area contributed by atoms with Gasteiger partial charge in [-0.15, -0.1) is 5.92 Å². The Bertz CT molecular complexity index is 1470. The molecule has 0 N–H and O–H groups in total. The number of fused-ring (bicyclic) bond motifs is 5. The number of hydrogen-bond donors (Lipinski definition) is 0. The number of imidazole rings is 1. The number of benzene rings is 3. The van der Waals surface area contributed by atoms with Crippen molar-refractivity contribution in [3.05, 3.63) is 77.6 Å². The van der Waals surface area contributed by atoms with Crippen molar-refractivity contribution >= 4 is 30.2 Å². The molecule has 2 heterocycles. The van der Waals surface area contributed by atoms with E-state index in [1.807, 2.05) is 37.1 Å². The van der Waals surface area contributed by atoms with Gasteiger partial charge in [-0.05, 0) is 67.4 Å². The van der Waals surface area contributed by atoms with Crippen molar-refractivity contribution in [1.82, 2.24) is 14.5 Å². The Kier molecular flexibility index (Phi) is 5.76. The van der Waals surface area contributed by atoms with E-state index < -0.39 is 0 Å². The molecule has 0 aliphatic carbocycles. The number of carbonyl (C=O) groups excluding carboxylic acids is 1. The third-order valence-corrected chi connectivity index (χ3v) is 7.95. The Morgan fingerprint density at radius 3 is 2.44 bits per heavy atom. The molecule has 0 bridgehead atoms. The maximum absolute atomic E-state index is 13.5. The molecule has 1 aliphatic heterocycles. The average molecular weight is 466 g/mol. The fourth-order valence-corrected chi connectivity index (χ4v) is 5.58. The standard InChI is InChI=1S/C29H28N3OP/c1-6-9-20-10-8-11-23-27(20)32-26-18-21(19-12-15-22(16-13-19)34(4)5)14-17-24(26)30-28(32)25(7-2)31(3)29(23)33/h8,10-18,25H,7H2,1-5H3. The average Bonchev–Trinajstić information content (AvgIpc) is 3.18. The van der Waals surface area contributed by atoms with Gasteiger partial charge in [0.05, 0.1) is 28.3 Å². The van der Waals surface area contributed by atoms with Crippen LogP contribution in [0.25, 0.3) is 27.8 Å². The van der Waals surface area contributed by atoms with Gasteiger partial charge in [0.1, 0.15) is 5.82 Å². The maximum Gasteiger partial charge on any atom is 0.256 e. The quantitative estimate of drug-likeness (QED) is 0.276. The van der Waals surface area contributed by atoms with Crippen molar-refractivity contribution in [3.8, 4) is 28.7 Å². The SMILES string of the molecule is CC#Cc1cccc2c1-n1c(nc3ccc(-c4ccc(P(C)C)cc4)cc31)C(CC)N(C)C2=O. The second-order valence-electron chi connectivity index (χ2n) is 8.87. The second kappa shape index (κ2) is 8.75. The summed E-state index contributed by atoms with van der Waals surface area (Å²) in [5, 5.41) is 1.39. The summed E-state index contributed by atoms with van der Waals surface area (Å²) in [4.78, 5) is 20.3. The van der Waals surface area contributed by atoms with Gasteiger partial charge >= 0.3 is 0 Å². The van der Waals surface area contributed by atoms with Crippen LogP contribution >= 0.6 is 7.92 Å². The Balaban J connectivity index is 1.81. The first-order chi connectivity index (χ1) is 16.4. The van der Waals surface area contributed by atoms with Crippen LogP contribution in [0, 0.1) is 11.8 Å². The first kappa shape index (κ1) is 22.4. The highest BCUT2D eigenvalue weighted by Gasteiger charge is 2.34. The molecule has 5 heteroatoms. The zero-order chi connectivity index (χ0) is 24.0. The predicted molar refractivity (Wildman–Crippen MR) is 143 cm³/mol. The van der Waals surface area contributed by atoms with Crippen LogP contribution in [0.1, 0.15) is 48.1 Å². The molecule has 170 valence electrons. The number of carbonyl (C=O) groups is 1. The van der Waals surface area contributed by atoms with Gasteiger partial charge in [0.15, 0.2) is 0 Å². The van der Waals surface area contributed by atoms with E-state index in [0.29, 0.717) is 5.56 Å². The van der Waals surface area contributed by atoms with Crippen molar-refractivity contribution in [2.45, 2.75) is 26.3 Å². The zero-order valence-electron chi connectivity index (χ0n) is 20.3. The molecule has 1 aromatic heterocycles. The van der Waals surface area contributed by atoms with Crippen LogP contribution in [0.5, 0.6) is 0 Å². The molecule has 1 atom stereocenters. The lowest BCUT2D eigenvalue weighted by Crippen LogP contribution is -2.30. The molecule has 0 fully saturated rings. The van der Waals surface area contributed by atoms with Crippen LogP contribution in [0.15, 0.2) is 60.7 Å². The summed E-state index contributed by atoms with van der Waals surface area (Å²) in [5.41, 5.74) is 6.56. The van der Waals surface area contributed by atoms with Gasteiger partial charge < -0.3 is 4.90 Å². The highest BCUT2D eigenvalue weighted by molar-refractivity contribution is 7.64. The van der Waals surface area contributed by atoms with E-state index in [1.165, 1.54) is 10.9 Å². The van der Waals surface area contributed by atoms with Gasteiger partial charge in [-0.3, -0.25) is 9.36 Å². The molecule has 34 heavy (non-hydrogen) atoms. The molecule has 0 spiro atoms. The van der Waals surface area contributed by atoms with Gasteiger partial charge in [0.25, 0.3) is 5.91 Å². The van der Waals surface area contributed by atoms with Gasteiger partial charge in [0.2, 0.25) is 0 Å². The van der Waals surface area contributed by atoms with Crippen LogP contribution in [-0.4, -0.2) is 40.7 Å². The lowest BCUT2D eigenvalue weighted by atomic mass is 10.0. The highest BCUT2D eigenvalue weighted by Crippen LogP contribution is 2.38. The summed E-state index contributed by atoms with van der Waals surface area (Å²) < 4.78 is 2.18. The number of rotatable bonds is 3. The van der Waals surface area contributed by atoms with Crippen LogP contribution in [0.3, 0.4) is 0 Å². The highest BCUT2D eigenvalue weighted by atomic mass is 31.1. The molecule has 1 aliphatic rings. The minimum Gasteiger partial charge on any atom is -0.331 e. The molecular weight excluding hydrogens is 437 g/mol. The van der Waals surface area contributed by atoms with Gasteiger partial charge in [-0.1, -0.05) is 57.2 Å². The number of nitrogens with zero attached hydrogens (tertiary/aromatic N) is 3. The lowest BCUT2D eigenvalue weighted by Gasteiger charge is -2.24. The number of hydrogen-bond acceptors (Lipinski definition) is 2. The molecule has 1 unspecified atom stereocenters. The molecule has 3 aromatic carbocycles. The Morgan fingerprint density at radius 1 is 1.03 bits per heavy atom. The van der Waals surface area contributed by atoms with E-state index >= 15 is 0 Å². The van der Waals surface area contributed by atoms with Crippen LogP contribution in [0.4, 0.5) is 0 Å². The lowest BCUT2D eigenvalue weighted by molar-refractivity contribution is 0.0726. The summed E-state index contributed by atoms with van der Waals surface area (Å²) in [6.07, 6.45) is 0.777. The second-order valence-corrected chi connectivity index (χ2v) is 11.2. The minimum absolute atomic E-state index is 0.00243. The fourth-order valence-electron chi connectivity index (χ4n) is 4.84. The first-order valence-electron chi connectivity index (χ1n) is 11.6. The van der Waals surface area contributed by atoms with Crippen molar-refractivity contribution in [1.29, 1.82) is 0 Å². The molecule has 4 nitrogen and oxygen atoms in total. The predicted octanol–water partition coefficient (Wildman–Crippen LogP) is 5.97. The molecular formula is C29H28N3OP. The van der Waals surface area contributed by atoms with Crippen molar-refractivity contribution in [2.75, 3.05) is 20.4 Å². The van der Waals surface area contributed by atoms with E-state index in [-0.39, 0.29) is 19.9 Å². The fraction of sp³-hybridized carbons (Fsp3) is 0.241. The van der Waals surface area contributed by atoms with E-state index in [1.54, 1.807) is 0 Å². The largest absolute Gasteiger partial charge is 0.331 e. The summed E-state index contributed by atoms with van der Waals surface area (Å²) in [6.45, 7) is 8.47. The van der Waals surface area contributed by atoms with Gasteiger partial charge in [-0.2, -0.15) is 0 Å². The molecule has 0 saturated heterocycles. The third-order valence-electron chi connectivity index (χ3n) is 6.62. The van der Waals surface area contributed by atoms with Crippen LogP contribution in [0.2, 0.25) is 0 Å². The molecule has 5 rings (SSSR count). The molecule has 0 saturated carbocycles. The van der Waals surface area contributed by atoms with E-state index in [4.69, 9.17) is 4.98 Å². The first-order valence-corrected chi connectivity index (χ1v) is 13.8. The van der Waals surface area contributed by atoms with Crippen molar-refractivity contribution in [2.24, 2.45) is 0 Å². The van der Waals surface area contributed by atoms with Crippen molar-refractivity contribution < 1.29 is 4.79 Å². The zero-order valence-corrected chi connectivity index (χ0v) is 21.1. The smallest absolute Gasteiger partial charge is 0.256 e. The maximum atomic E-state index is 13.5. The summed E-state index contributed by atoms with van der Waals surface area (Å²) >= 11 is 0. The third kappa shape index (κ3) is 3.52. The Hall–Kier alpha value is -3.41. The van der Waals surface area contributed by atoms with Crippen molar-refractivity contribution in [3.63, 3.8) is 0 Å². The minimum atomic E-state index is -0.123. The Labute approximate surface area is 202 Å². The van der Waals surface area contributed by atoms with Crippen LogP contribution in [-0.2, 0) is 0 Å². The molecule has 0 radical (unpaired) electrons. The van der Waals surface area contributed by atoms with E-state index in [2.05, 4.69) is 79.1 Å². The van der Waals surface area contributed by atoms with Crippen LogP contribution < -0.4 is 5.30 Å². The van der Waals surface area contributed by atoms with Gasteiger partial charge in [-0.25, -0.2) is 4.98 Å². The summed E-state index contributed by atoms with van der Waals surface area (Å²) in [6, 6.07) is 21.0. The number of amides is 1. The van der Waals surface area contributed by atoms with E-state index in [9.17, 15) is 4.79 Å². The topological polar surface area (TPSA) is 38.1 Å². The Morgan fingerprint density at radius 2 is 1.76 bits per heavy atom. The number of para-hydroxylation sites is 1.